The fourth-order valence-corrected chi connectivity index (χ4v) is 1.97. The summed E-state index contributed by atoms with van der Waals surface area (Å²) in [7, 11) is 0. The number of amides is 1. The molecule has 0 aromatic rings. The number of carbonyl (C=O) groups is 1. The maximum absolute atomic E-state index is 12.1. The molecule has 0 spiro atoms. The molecular formula is C11H20F3NO2. The molecule has 1 N–H and O–H groups in total. The molecule has 6 heteroatoms. The van der Waals surface area contributed by atoms with Crippen molar-refractivity contribution in [2.45, 2.75) is 52.3 Å². The second kappa shape index (κ2) is 6.83. The Kier molecular flexibility index (Phi) is 6.52. The molecule has 0 rings (SSSR count). The summed E-state index contributed by atoms with van der Waals surface area (Å²) in [6, 6.07) is -0.781. The number of carbonyl (C=O) groups excluding carboxylic acids is 1. The van der Waals surface area contributed by atoms with Gasteiger partial charge in [-0.3, -0.25) is 10.0 Å². The summed E-state index contributed by atoms with van der Waals surface area (Å²) in [6.07, 6.45) is -4.71. The van der Waals surface area contributed by atoms with Crippen molar-refractivity contribution in [3.63, 3.8) is 0 Å². The van der Waals surface area contributed by atoms with Gasteiger partial charge >= 0.3 is 6.18 Å². The highest BCUT2D eigenvalue weighted by atomic mass is 19.4. The fraction of sp³-hybridized carbons (Fsp3) is 0.909. The van der Waals surface area contributed by atoms with Gasteiger partial charge in [0.2, 0.25) is 6.41 Å². The monoisotopic (exact) mass is 255 g/mol. The van der Waals surface area contributed by atoms with Gasteiger partial charge in [0.05, 0.1) is 6.04 Å². The van der Waals surface area contributed by atoms with Crippen LogP contribution in [-0.2, 0) is 4.79 Å². The van der Waals surface area contributed by atoms with Gasteiger partial charge in [-0.2, -0.15) is 13.2 Å². The van der Waals surface area contributed by atoms with Crippen LogP contribution < -0.4 is 0 Å². The van der Waals surface area contributed by atoms with Crippen LogP contribution in [0.5, 0.6) is 0 Å². The van der Waals surface area contributed by atoms with E-state index in [0.717, 1.165) is 0 Å². The highest BCUT2D eigenvalue weighted by molar-refractivity contribution is 5.45. The number of rotatable bonds is 7. The molecule has 0 bridgehead atoms. The van der Waals surface area contributed by atoms with E-state index in [2.05, 4.69) is 0 Å². The molecule has 3 nitrogen and oxygen atoms in total. The lowest BCUT2D eigenvalue weighted by atomic mass is 9.89. The summed E-state index contributed by atoms with van der Waals surface area (Å²) in [5.41, 5.74) is 0. The Morgan fingerprint density at radius 3 is 2.18 bits per heavy atom. The van der Waals surface area contributed by atoms with Gasteiger partial charge in [-0.25, -0.2) is 5.06 Å². The lowest BCUT2D eigenvalue weighted by Gasteiger charge is -2.29. The largest absolute Gasteiger partial charge is 0.389 e. The molecule has 0 aliphatic carbocycles. The lowest BCUT2D eigenvalue weighted by molar-refractivity contribution is -0.175. The first-order valence-electron chi connectivity index (χ1n) is 5.66. The zero-order valence-corrected chi connectivity index (χ0v) is 10.4. The Morgan fingerprint density at radius 1 is 1.29 bits per heavy atom. The van der Waals surface area contributed by atoms with E-state index in [4.69, 9.17) is 0 Å². The highest BCUT2D eigenvalue weighted by Crippen LogP contribution is 2.27. The Balaban J connectivity index is 4.48. The number of nitrogens with zero attached hydrogens (tertiary/aromatic N) is 1. The minimum absolute atomic E-state index is 0.165. The fourth-order valence-electron chi connectivity index (χ4n) is 1.97. The van der Waals surface area contributed by atoms with Gasteiger partial charge in [0.25, 0.3) is 0 Å². The molecule has 0 fully saturated rings. The summed E-state index contributed by atoms with van der Waals surface area (Å²) in [4.78, 5) is 10.5. The van der Waals surface area contributed by atoms with Gasteiger partial charge < -0.3 is 0 Å². The molecule has 0 aromatic heterocycles. The van der Waals surface area contributed by atoms with E-state index in [1.165, 1.54) is 0 Å². The summed E-state index contributed by atoms with van der Waals surface area (Å²) in [5.74, 6) is 0.131. The van der Waals surface area contributed by atoms with Crippen LogP contribution in [0.25, 0.3) is 0 Å². The van der Waals surface area contributed by atoms with E-state index in [1.54, 1.807) is 6.92 Å². The second-order valence-corrected chi connectivity index (χ2v) is 4.81. The smallest absolute Gasteiger partial charge is 0.286 e. The quantitative estimate of drug-likeness (QED) is 0.431. The first kappa shape index (κ1) is 16.2. The average Bonchev–Trinajstić information content (AvgIpc) is 2.14. The summed E-state index contributed by atoms with van der Waals surface area (Å²) < 4.78 is 36.4. The number of hydrogen-bond donors (Lipinski definition) is 1. The van der Waals surface area contributed by atoms with Crippen molar-refractivity contribution in [2.24, 2.45) is 11.8 Å². The number of hydroxylamine groups is 2. The first-order valence-corrected chi connectivity index (χ1v) is 5.66. The Bertz CT molecular complexity index is 231. The van der Waals surface area contributed by atoms with Gasteiger partial charge in [0.15, 0.2) is 0 Å². The van der Waals surface area contributed by atoms with Crippen molar-refractivity contribution >= 4 is 6.41 Å². The molecule has 0 saturated heterocycles. The van der Waals surface area contributed by atoms with Crippen LogP contribution in [0.15, 0.2) is 0 Å². The van der Waals surface area contributed by atoms with Crippen LogP contribution in [-0.4, -0.2) is 28.9 Å². The van der Waals surface area contributed by atoms with Gasteiger partial charge in [-0.1, -0.05) is 20.8 Å². The van der Waals surface area contributed by atoms with Gasteiger partial charge in [-0.15, -0.1) is 0 Å². The van der Waals surface area contributed by atoms with E-state index in [0.29, 0.717) is 17.4 Å². The van der Waals surface area contributed by atoms with Gasteiger partial charge in [0, 0.05) is 6.42 Å². The molecule has 0 radical (unpaired) electrons. The van der Waals surface area contributed by atoms with E-state index >= 15 is 0 Å². The van der Waals surface area contributed by atoms with E-state index in [-0.39, 0.29) is 18.7 Å². The Labute approximate surface area is 99.6 Å². The van der Waals surface area contributed by atoms with Crippen LogP contribution in [0.2, 0.25) is 0 Å². The Hall–Kier alpha value is -0.780. The van der Waals surface area contributed by atoms with Crippen LogP contribution >= 0.6 is 0 Å². The predicted octanol–water partition coefficient (Wildman–Crippen LogP) is 3.23. The highest BCUT2D eigenvalue weighted by Gasteiger charge is 2.32. The standard InChI is InChI=1S/C11H20F3NO2/c1-8(2)6-9(3)10(15(17)7-16)4-5-11(12,13)14/h7-10,17H,4-6H2,1-3H3/t9-,10+/m1/s1. The second-order valence-electron chi connectivity index (χ2n) is 4.81. The van der Waals surface area contributed by atoms with Crippen LogP contribution in [0.1, 0.15) is 40.0 Å². The average molecular weight is 255 g/mol. The van der Waals surface area contributed by atoms with E-state index in [9.17, 15) is 23.2 Å². The molecule has 0 unspecified atom stereocenters. The van der Waals surface area contributed by atoms with Gasteiger partial charge in [0.1, 0.15) is 0 Å². The summed E-state index contributed by atoms with van der Waals surface area (Å²) >= 11 is 0. The summed E-state index contributed by atoms with van der Waals surface area (Å²) in [5, 5.41) is 9.66. The molecule has 0 aromatic carbocycles. The van der Waals surface area contributed by atoms with Crippen molar-refractivity contribution < 1.29 is 23.2 Å². The lowest BCUT2D eigenvalue weighted by Crippen LogP contribution is -2.38. The molecule has 1 amide bonds. The van der Waals surface area contributed by atoms with Crippen molar-refractivity contribution in [3.8, 4) is 0 Å². The van der Waals surface area contributed by atoms with Crippen LogP contribution in [0, 0.1) is 11.8 Å². The molecular weight excluding hydrogens is 235 g/mol. The summed E-state index contributed by atoms with van der Waals surface area (Å²) in [6.45, 7) is 5.63. The number of alkyl halides is 3. The van der Waals surface area contributed by atoms with Crippen LogP contribution in [0.3, 0.4) is 0 Å². The minimum Gasteiger partial charge on any atom is -0.286 e. The SMILES string of the molecule is CC(C)C[C@@H](C)[C@H](CCC(F)(F)F)N(O)C=O. The number of halogens is 3. The molecule has 0 aliphatic heterocycles. The maximum atomic E-state index is 12.1. The first-order chi connectivity index (χ1) is 7.67. The van der Waals surface area contributed by atoms with Crippen LogP contribution in [0.4, 0.5) is 13.2 Å². The zero-order valence-electron chi connectivity index (χ0n) is 10.4. The topological polar surface area (TPSA) is 40.5 Å². The molecule has 17 heavy (non-hydrogen) atoms. The normalized spacial score (nSPS) is 15.8. The van der Waals surface area contributed by atoms with Crippen molar-refractivity contribution in [1.29, 1.82) is 0 Å². The number of hydrogen-bond acceptors (Lipinski definition) is 2. The van der Waals surface area contributed by atoms with E-state index in [1.807, 2.05) is 13.8 Å². The Morgan fingerprint density at radius 2 is 1.82 bits per heavy atom. The van der Waals surface area contributed by atoms with Gasteiger partial charge in [-0.05, 0) is 24.7 Å². The zero-order chi connectivity index (χ0) is 13.6. The minimum atomic E-state index is -4.26. The van der Waals surface area contributed by atoms with Crippen molar-refractivity contribution in [3.05, 3.63) is 0 Å². The molecule has 2 atom stereocenters. The predicted molar refractivity (Wildman–Crippen MR) is 57.4 cm³/mol. The third-order valence-corrected chi connectivity index (χ3v) is 2.67. The third kappa shape index (κ3) is 7.20. The van der Waals surface area contributed by atoms with E-state index < -0.39 is 18.6 Å². The van der Waals surface area contributed by atoms with Crippen molar-refractivity contribution in [1.82, 2.24) is 5.06 Å². The molecule has 102 valence electrons. The molecule has 0 saturated carbocycles. The maximum Gasteiger partial charge on any atom is 0.389 e. The molecule has 0 aliphatic rings. The third-order valence-electron chi connectivity index (χ3n) is 2.67. The van der Waals surface area contributed by atoms with Crippen molar-refractivity contribution in [2.75, 3.05) is 0 Å². The molecule has 0 heterocycles.